The Morgan fingerprint density at radius 3 is 2.47 bits per heavy atom. The summed E-state index contributed by atoms with van der Waals surface area (Å²) in [6.07, 6.45) is 11.4. The maximum Gasteiger partial charge on any atom is 0.341 e. The number of hydrogen-bond acceptors (Lipinski definition) is 8. The Bertz CT molecular complexity index is 1810. The topological polar surface area (TPSA) is 126 Å². The van der Waals surface area contributed by atoms with Crippen molar-refractivity contribution in [3.8, 4) is 0 Å². The van der Waals surface area contributed by atoms with Crippen LogP contribution in [0.3, 0.4) is 0 Å². The Morgan fingerprint density at radius 2 is 1.73 bits per heavy atom. The number of aryl methyl sites for hydroxylation is 1. The fourth-order valence-electron chi connectivity index (χ4n) is 5.52. The zero-order valence-corrected chi connectivity index (χ0v) is 29.3. The fourth-order valence-corrected chi connectivity index (χ4v) is 7.82. The first-order valence-corrected chi connectivity index (χ1v) is 18.2. The minimum absolute atomic E-state index is 0.0492. The zero-order valence-electron chi connectivity index (χ0n) is 27.6. The molecule has 2 aromatic heterocycles. The van der Waals surface area contributed by atoms with Gasteiger partial charge in [-0.15, -0.1) is 23.1 Å². The second-order valence-corrected chi connectivity index (χ2v) is 13.9. The fraction of sp³-hybridized carbons (Fsp3) is 0.289. The number of aromatic nitrogens is 1. The summed E-state index contributed by atoms with van der Waals surface area (Å²) in [5, 5.41) is 8.78. The number of benzene rings is 2. The van der Waals surface area contributed by atoms with Gasteiger partial charge in [-0.1, -0.05) is 50.1 Å². The van der Waals surface area contributed by atoms with Crippen LogP contribution in [0.2, 0.25) is 0 Å². The molecule has 5 rings (SSSR count). The van der Waals surface area contributed by atoms with E-state index >= 15 is 0 Å². The van der Waals surface area contributed by atoms with Gasteiger partial charge in [0.2, 0.25) is 5.91 Å². The van der Waals surface area contributed by atoms with Crippen LogP contribution in [0.1, 0.15) is 82.7 Å². The standard InChI is InChI=1S/C38H40N4O5S2/c1-3-31(36(45)42-37-33(38(46)47-4-2)29-19-10-5-6-11-20-32(29)49-37)48-28-18-12-17-27(23-28)40-35(44)30(22-25-14-13-21-39-24-25)41-34(43)26-15-8-7-9-16-26/h7-9,12-18,21-24,31H,3-6,10-11,19-20H2,1-2H3,(H,40,44)(H,41,43)(H,42,45)/b30-22-. The Labute approximate surface area is 295 Å². The lowest BCUT2D eigenvalue weighted by Crippen LogP contribution is -2.30. The summed E-state index contributed by atoms with van der Waals surface area (Å²) in [6, 6.07) is 19.4. The van der Waals surface area contributed by atoms with Crippen molar-refractivity contribution in [2.45, 2.75) is 68.9 Å². The molecule has 1 unspecified atom stereocenters. The molecule has 49 heavy (non-hydrogen) atoms. The van der Waals surface area contributed by atoms with Crippen LogP contribution in [0.15, 0.2) is 89.7 Å². The molecule has 0 spiro atoms. The lowest BCUT2D eigenvalue weighted by molar-refractivity contribution is -0.116. The maximum absolute atomic E-state index is 13.7. The lowest BCUT2D eigenvalue weighted by atomic mass is 9.96. The molecule has 1 aliphatic carbocycles. The summed E-state index contributed by atoms with van der Waals surface area (Å²) in [4.78, 5) is 59.3. The van der Waals surface area contributed by atoms with E-state index in [-0.39, 0.29) is 18.2 Å². The van der Waals surface area contributed by atoms with Crippen LogP contribution in [0.25, 0.3) is 6.08 Å². The number of fused-ring (bicyclic) bond motifs is 1. The van der Waals surface area contributed by atoms with Crippen LogP contribution in [0.5, 0.6) is 0 Å². The highest BCUT2D eigenvalue weighted by molar-refractivity contribution is 8.00. The lowest BCUT2D eigenvalue weighted by Gasteiger charge is -2.16. The van der Waals surface area contributed by atoms with Gasteiger partial charge in [0.1, 0.15) is 10.7 Å². The molecule has 1 aliphatic rings. The number of ether oxygens (including phenoxy) is 1. The van der Waals surface area contributed by atoms with E-state index < -0.39 is 23.0 Å². The van der Waals surface area contributed by atoms with Crippen LogP contribution in [-0.2, 0) is 27.2 Å². The highest BCUT2D eigenvalue weighted by Gasteiger charge is 2.28. The minimum Gasteiger partial charge on any atom is -0.462 e. The molecule has 9 nitrogen and oxygen atoms in total. The van der Waals surface area contributed by atoms with Gasteiger partial charge < -0.3 is 20.7 Å². The zero-order chi connectivity index (χ0) is 34.6. The number of nitrogens with one attached hydrogen (secondary N) is 3. The molecule has 3 N–H and O–H groups in total. The summed E-state index contributed by atoms with van der Waals surface area (Å²) < 4.78 is 5.41. The molecule has 2 aromatic carbocycles. The molecule has 254 valence electrons. The number of thioether (sulfide) groups is 1. The second-order valence-electron chi connectivity index (χ2n) is 11.5. The number of esters is 1. The number of carbonyl (C=O) groups is 4. The van der Waals surface area contributed by atoms with Gasteiger partial charge in [0, 0.05) is 33.4 Å². The Balaban J connectivity index is 1.31. The van der Waals surface area contributed by atoms with Gasteiger partial charge in [0.15, 0.2) is 0 Å². The quantitative estimate of drug-likeness (QED) is 0.0781. The first kappa shape index (κ1) is 35.6. The molecular formula is C38H40N4O5S2. The van der Waals surface area contributed by atoms with Gasteiger partial charge in [-0.3, -0.25) is 19.4 Å². The number of anilines is 2. The first-order chi connectivity index (χ1) is 23.9. The van der Waals surface area contributed by atoms with Gasteiger partial charge in [0.05, 0.1) is 17.4 Å². The molecule has 0 saturated carbocycles. The maximum atomic E-state index is 13.7. The van der Waals surface area contributed by atoms with Crippen LogP contribution >= 0.6 is 23.1 Å². The van der Waals surface area contributed by atoms with E-state index in [2.05, 4.69) is 20.9 Å². The van der Waals surface area contributed by atoms with Gasteiger partial charge in [0.25, 0.3) is 11.8 Å². The number of nitrogens with zero attached hydrogens (tertiary/aromatic N) is 1. The van der Waals surface area contributed by atoms with Crippen LogP contribution in [0.4, 0.5) is 10.7 Å². The van der Waals surface area contributed by atoms with Crippen LogP contribution < -0.4 is 16.0 Å². The number of thiophene rings is 1. The third kappa shape index (κ3) is 9.67. The number of hydrogen-bond donors (Lipinski definition) is 3. The van der Waals surface area contributed by atoms with Crippen molar-refractivity contribution in [1.82, 2.24) is 10.3 Å². The molecular weight excluding hydrogens is 657 g/mol. The third-order valence-corrected chi connectivity index (χ3v) is 10.5. The van der Waals surface area contributed by atoms with Crippen molar-refractivity contribution in [1.29, 1.82) is 0 Å². The monoisotopic (exact) mass is 696 g/mol. The third-order valence-electron chi connectivity index (χ3n) is 7.95. The van der Waals surface area contributed by atoms with Crippen molar-refractivity contribution < 1.29 is 23.9 Å². The Morgan fingerprint density at radius 1 is 0.939 bits per heavy atom. The van der Waals surface area contributed by atoms with Crippen molar-refractivity contribution in [3.05, 3.63) is 112 Å². The van der Waals surface area contributed by atoms with E-state index in [1.807, 2.05) is 19.1 Å². The van der Waals surface area contributed by atoms with Crippen LogP contribution in [-0.4, -0.2) is 40.5 Å². The highest BCUT2D eigenvalue weighted by Crippen LogP contribution is 2.38. The first-order valence-electron chi connectivity index (χ1n) is 16.5. The van der Waals surface area contributed by atoms with E-state index in [1.165, 1.54) is 23.1 Å². The van der Waals surface area contributed by atoms with E-state index in [1.54, 1.807) is 80.0 Å². The predicted molar refractivity (Wildman–Crippen MR) is 196 cm³/mol. The molecule has 0 bridgehead atoms. The molecule has 4 aromatic rings. The molecule has 3 amide bonds. The SMILES string of the molecule is CCOC(=O)c1c(NC(=O)C(CC)Sc2cccc(NC(=O)/C(=C/c3cccnc3)NC(=O)c3ccccc3)c2)sc2c1CCCCCC2. The Hall–Kier alpha value is -4.74. The van der Waals surface area contributed by atoms with Gasteiger partial charge in [-0.2, -0.15) is 0 Å². The number of pyridine rings is 1. The highest BCUT2D eigenvalue weighted by atomic mass is 32.2. The van der Waals surface area contributed by atoms with Crippen molar-refractivity contribution in [2.75, 3.05) is 17.2 Å². The number of amides is 3. The van der Waals surface area contributed by atoms with E-state index in [9.17, 15) is 19.2 Å². The molecule has 1 atom stereocenters. The second kappa shape index (κ2) is 17.6. The molecule has 2 heterocycles. The Kier molecular flexibility index (Phi) is 12.8. The average molecular weight is 697 g/mol. The predicted octanol–water partition coefficient (Wildman–Crippen LogP) is 7.90. The summed E-state index contributed by atoms with van der Waals surface area (Å²) in [6.45, 7) is 3.98. The van der Waals surface area contributed by atoms with Crippen molar-refractivity contribution in [3.63, 3.8) is 0 Å². The molecule has 0 radical (unpaired) electrons. The van der Waals surface area contributed by atoms with Gasteiger partial charge in [-0.05, 0) is 92.6 Å². The molecule has 11 heteroatoms. The van der Waals surface area contributed by atoms with Crippen LogP contribution in [0, 0.1) is 0 Å². The molecule has 0 aliphatic heterocycles. The van der Waals surface area contributed by atoms with Crippen molar-refractivity contribution in [2.24, 2.45) is 0 Å². The summed E-state index contributed by atoms with van der Waals surface area (Å²) in [7, 11) is 0. The number of rotatable bonds is 12. The van der Waals surface area contributed by atoms with Crippen molar-refractivity contribution >= 4 is 63.6 Å². The minimum atomic E-state index is -0.514. The van der Waals surface area contributed by atoms with E-state index in [0.29, 0.717) is 33.8 Å². The molecule has 0 fully saturated rings. The van der Waals surface area contributed by atoms with E-state index in [4.69, 9.17) is 4.74 Å². The largest absolute Gasteiger partial charge is 0.462 e. The number of carbonyl (C=O) groups excluding carboxylic acids is 4. The summed E-state index contributed by atoms with van der Waals surface area (Å²) in [5.74, 6) is -1.53. The smallest absolute Gasteiger partial charge is 0.341 e. The average Bonchev–Trinajstić information content (AvgIpc) is 3.43. The summed E-state index contributed by atoms with van der Waals surface area (Å²) >= 11 is 2.86. The van der Waals surface area contributed by atoms with Gasteiger partial charge in [-0.25, -0.2) is 4.79 Å². The molecule has 0 saturated heterocycles. The normalized spacial score (nSPS) is 13.6. The summed E-state index contributed by atoms with van der Waals surface area (Å²) in [5.41, 5.74) is 3.12. The van der Waals surface area contributed by atoms with E-state index in [0.717, 1.165) is 53.9 Å². The van der Waals surface area contributed by atoms with Gasteiger partial charge >= 0.3 is 5.97 Å².